The van der Waals surface area contributed by atoms with E-state index in [1.54, 1.807) is 18.0 Å². The van der Waals surface area contributed by atoms with Gasteiger partial charge in [-0.05, 0) is 90.3 Å². The van der Waals surface area contributed by atoms with E-state index in [2.05, 4.69) is 55.3 Å². The van der Waals surface area contributed by atoms with Crippen molar-refractivity contribution in [1.29, 1.82) is 0 Å². The van der Waals surface area contributed by atoms with Gasteiger partial charge in [-0.15, -0.1) is 18.5 Å². The number of nitrogens with zero attached hydrogens (tertiary/aromatic N) is 4. The predicted octanol–water partition coefficient (Wildman–Crippen LogP) is 6.38. The van der Waals surface area contributed by atoms with Crippen LogP contribution in [0.25, 0.3) is 0 Å². The molecule has 0 spiro atoms. The molecule has 0 saturated heterocycles. The zero-order valence-electron chi connectivity index (χ0n) is 21.2. The van der Waals surface area contributed by atoms with Gasteiger partial charge in [0.25, 0.3) is 0 Å². The van der Waals surface area contributed by atoms with Crippen LogP contribution in [0, 0.1) is 34.5 Å². The van der Waals surface area contributed by atoms with Gasteiger partial charge in [-0.3, -0.25) is 19.9 Å². The monoisotopic (exact) mass is 504 g/mol. The summed E-state index contributed by atoms with van der Waals surface area (Å²) in [6.45, 7) is 7.09. The third-order valence-electron chi connectivity index (χ3n) is 9.70. The summed E-state index contributed by atoms with van der Waals surface area (Å²) in [5.74, 6) is 3.37. The van der Waals surface area contributed by atoms with Gasteiger partial charge >= 0.3 is 0 Å². The molecule has 4 saturated carbocycles. The molecule has 5 atom stereocenters. The Bertz CT molecular complexity index is 1110. The highest BCUT2D eigenvalue weighted by Gasteiger charge is 2.59. The van der Waals surface area contributed by atoms with Crippen LogP contribution in [-0.2, 0) is 5.16 Å². The lowest BCUT2D eigenvalue weighted by Gasteiger charge is -2.62. The fourth-order valence-electron chi connectivity index (χ4n) is 8.31. The second-order valence-corrected chi connectivity index (χ2v) is 13.9. The summed E-state index contributed by atoms with van der Waals surface area (Å²) in [6, 6.07) is 0. The maximum atomic E-state index is 4.87. The van der Waals surface area contributed by atoms with Crippen molar-refractivity contribution in [1.82, 2.24) is 19.9 Å². The molecule has 35 heavy (non-hydrogen) atoms. The first-order chi connectivity index (χ1) is 16.8. The molecule has 4 bridgehead atoms. The van der Waals surface area contributed by atoms with Gasteiger partial charge in [-0.25, -0.2) is 0 Å². The van der Waals surface area contributed by atoms with E-state index < -0.39 is 5.16 Å². The highest BCUT2D eigenvalue weighted by atomic mass is 31.0. The molecule has 6 heteroatoms. The number of hydrogen-bond acceptors (Lipinski definition) is 4. The van der Waals surface area contributed by atoms with Crippen molar-refractivity contribution in [3.63, 3.8) is 0 Å². The maximum Gasteiger partial charge on any atom is 0.0933 e. The molecule has 7 rings (SSSR count). The lowest BCUT2D eigenvalue weighted by Crippen LogP contribution is -2.54. The molecule has 2 aromatic rings. The molecule has 5 aliphatic carbocycles. The van der Waals surface area contributed by atoms with Crippen molar-refractivity contribution < 1.29 is 0 Å². The van der Waals surface area contributed by atoms with E-state index in [1.165, 1.54) is 49.4 Å². The molecule has 2 aromatic heterocycles. The Balaban J connectivity index is 1.61. The van der Waals surface area contributed by atoms with Crippen LogP contribution in [0.1, 0.15) is 70.7 Å². The second kappa shape index (κ2) is 8.53. The molecule has 4 nitrogen and oxygen atoms in total. The van der Waals surface area contributed by atoms with Crippen LogP contribution in [-0.4, -0.2) is 26.1 Å². The third kappa shape index (κ3) is 3.69. The number of allylic oxidation sites excluding steroid dienone is 4. The van der Waals surface area contributed by atoms with Crippen molar-refractivity contribution in [2.45, 2.75) is 64.5 Å². The Morgan fingerprint density at radius 1 is 0.914 bits per heavy atom. The molecule has 0 N–H and O–H groups in total. The van der Waals surface area contributed by atoms with Gasteiger partial charge < -0.3 is 0 Å². The molecule has 0 aromatic carbocycles. The lowest BCUT2D eigenvalue weighted by molar-refractivity contribution is -0.0764. The van der Waals surface area contributed by atoms with Gasteiger partial charge in [0.2, 0.25) is 0 Å². The molecule has 5 aliphatic rings. The Morgan fingerprint density at radius 2 is 1.51 bits per heavy atom. The highest BCUT2D eigenvalue weighted by Crippen LogP contribution is 2.69. The van der Waals surface area contributed by atoms with Gasteiger partial charge in [0.1, 0.15) is 0 Å². The van der Waals surface area contributed by atoms with Crippen LogP contribution >= 0.6 is 18.5 Å². The third-order valence-corrected chi connectivity index (χ3v) is 11.1. The number of rotatable bonds is 5. The van der Waals surface area contributed by atoms with Gasteiger partial charge in [0.05, 0.1) is 28.9 Å². The smallest absolute Gasteiger partial charge is 0.0933 e. The Hall–Kier alpha value is -1.50. The van der Waals surface area contributed by atoms with E-state index in [1.807, 2.05) is 24.8 Å². The van der Waals surface area contributed by atoms with Gasteiger partial charge in [-0.1, -0.05) is 32.4 Å². The van der Waals surface area contributed by atoms with Crippen molar-refractivity contribution in [3.8, 4) is 0 Å². The maximum absolute atomic E-state index is 4.87. The highest BCUT2D eigenvalue weighted by molar-refractivity contribution is 7.19. The molecule has 0 amide bonds. The van der Waals surface area contributed by atoms with Gasteiger partial charge in [0.15, 0.2) is 0 Å². The zero-order valence-corrected chi connectivity index (χ0v) is 23.6. The van der Waals surface area contributed by atoms with Crippen molar-refractivity contribution in [3.05, 3.63) is 71.4 Å². The molecule has 5 unspecified atom stereocenters. The molecular weight excluding hydrogens is 466 g/mol. The summed E-state index contributed by atoms with van der Waals surface area (Å²) in [4.78, 5) is 18.7. The standard InChI is InChI=1S/C29H38N4P2/c1-27(2,3)21-11-22(28-13-18-8-19(14-28)10-20(9-18)24(28)17-34)23(12-21)29(35,25-15-30-4-6-32-25)26-16-31-5-7-33-26/h4-7,11,15-16,18-20,24H,8-10,12-14,17,34-35H2,1-3H3. The molecular formula is C29H38N4P2. The fraction of sp³-hybridized carbons (Fsp3) is 0.586. The quantitative estimate of drug-likeness (QED) is 0.444. The summed E-state index contributed by atoms with van der Waals surface area (Å²) < 4.78 is 0. The average molecular weight is 505 g/mol. The van der Waals surface area contributed by atoms with Crippen LogP contribution in [0.5, 0.6) is 0 Å². The number of hydrogen-bond donors (Lipinski definition) is 0. The molecule has 2 heterocycles. The largest absolute Gasteiger partial charge is 0.261 e. The average Bonchev–Trinajstić information content (AvgIpc) is 3.32. The summed E-state index contributed by atoms with van der Waals surface area (Å²) in [5.41, 5.74) is 6.83. The van der Waals surface area contributed by atoms with Crippen LogP contribution in [0.4, 0.5) is 0 Å². The molecule has 184 valence electrons. The van der Waals surface area contributed by atoms with Crippen molar-refractivity contribution in [2.24, 2.45) is 34.5 Å². The van der Waals surface area contributed by atoms with E-state index in [9.17, 15) is 0 Å². The first-order valence-corrected chi connectivity index (χ1v) is 14.6. The Labute approximate surface area is 214 Å². The van der Waals surface area contributed by atoms with Crippen molar-refractivity contribution >= 4 is 18.5 Å². The first-order valence-electron chi connectivity index (χ1n) is 13.2. The predicted molar refractivity (Wildman–Crippen MR) is 148 cm³/mol. The van der Waals surface area contributed by atoms with Crippen LogP contribution in [0.3, 0.4) is 0 Å². The molecule has 4 fully saturated rings. The zero-order chi connectivity index (χ0) is 24.4. The topological polar surface area (TPSA) is 51.6 Å². The van der Waals surface area contributed by atoms with Crippen LogP contribution in [0.15, 0.2) is 60.0 Å². The van der Waals surface area contributed by atoms with Crippen LogP contribution in [0.2, 0.25) is 0 Å². The lowest BCUT2D eigenvalue weighted by atomic mass is 9.43. The fourth-order valence-corrected chi connectivity index (χ4v) is 9.70. The minimum Gasteiger partial charge on any atom is -0.261 e. The molecule has 0 aliphatic heterocycles. The summed E-state index contributed by atoms with van der Waals surface area (Å²) in [7, 11) is 6.33. The van der Waals surface area contributed by atoms with E-state index in [0.29, 0.717) is 0 Å². The minimum atomic E-state index is -0.546. The first kappa shape index (κ1) is 23.9. The van der Waals surface area contributed by atoms with Crippen LogP contribution < -0.4 is 0 Å². The minimum absolute atomic E-state index is 0.113. The SMILES string of the molecule is CC(C)(C)C1=CC(C23CC4CC(CC(C4)C2CP)C3)=C(C(P)(c2cnccn2)c2cnccn2)C1. The molecule has 0 radical (unpaired) electrons. The van der Waals surface area contributed by atoms with E-state index in [0.717, 1.165) is 41.5 Å². The second-order valence-electron chi connectivity index (χ2n) is 12.6. The summed E-state index contributed by atoms with van der Waals surface area (Å²) >= 11 is 0. The Kier molecular flexibility index (Phi) is 5.82. The summed E-state index contributed by atoms with van der Waals surface area (Å²) in [6.07, 6.45) is 22.8. The van der Waals surface area contributed by atoms with Crippen molar-refractivity contribution in [2.75, 3.05) is 6.16 Å². The van der Waals surface area contributed by atoms with E-state index >= 15 is 0 Å². The van der Waals surface area contributed by atoms with Gasteiger partial charge in [-0.2, -0.15) is 0 Å². The summed E-state index contributed by atoms with van der Waals surface area (Å²) in [5, 5.41) is -0.546. The normalized spacial score (nSPS) is 32.3. The number of aromatic nitrogens is 4. The van der Waals surface area contributed by atoms with E-state index in [-0.39, 0.29) is 10.8 Å². The van der Waals surface area contributed by atoms with Gasteiger partial charge in [0, 0.05) is 24.8 Å². The van der Waals surface area contributed by atoms with E-state index in [4.69, 9.17) is 9.97 Å². The Morgan fingerprint density at radius 3 is 2.00 bits per heavy atom.